The van der Waals surface area contributed by atoms with Crippen molar-refractivity contribution in [1.82, 2.24) is 5.32 Å². The molecule has 2 aromatic rings. The number of amides is 1. The van der Waals surface area contributed by atoms with E-state index in [4.69, 9.17) is 16.3 Å². The summed E-state index contributed by atoms with van der Waals surface area (Å²) in [5, 5.41) is 3.73. The van der Waals surface area contributed by atoms with E-state index in [1.165, 1.54) is 0 Å². The summed E-state index contributed by atoms with van der Waals surface area (Å²) in [6.07, 6.45) is 1.73. The SMILES string of the molecule is CCOc1ccccc1CNC(=O)C1(c2cccc(Cl)c2)CC1. The van der Waals surface area contributed by atoms with E-state index in [0.29, 0.717) is 18.2 Å². The maximum atomic E-state index is 12.7. The topological polar surface area (TPSA) is 38.3 Å². The van der Waals surface area contributed by atoms with E-state index >= 15 is 0 Å². The van der Waals surface area contributed by atoms with Crippen molar-refractivity contribution >= 4 is 17.5 Å². The summed E-state index contributed by atoms with van der Waals surface area (Å²) in [7, 11) is 0. The molecule has 3 nitrogen and oxygen atoms in total. The van der Waals surface area contributed by atoms with E-state index in [2.05, 4.69) is 5.32 Å². The van der Waals surface area contributed by atoms with Crippen LogP contribution in [0.15, 0.2) is 48.5 Å². The van der Waals surface area contributed by atoms with Crippen LogP contribution in [0.2, 0.25) is 5.02 Å². The van der Waals surface area contributed by atoms with Gasteiger partial charge in [0.05, 0.1) is 12.0 Å². The van der Waals surface area contributed by atoms with Crippen LogP contribution in [0.25, 0.3) is 0 Å². The highest BCUT2D eigenvalue weighted by molar-refractivity contribution is 6.30. The standard InChI is InChI=1S/C19H20ClNO2/c1-2-23-17-9-4-3-6-14(17)13-21-18(22)19(10-11-19)15-7-5-8-16(20)12-15/h3-9,12H,2,10-11,13H2,1H3,(H,21,22). The fraction of sp³-hybridized carbons (Fsp3) is 0.316. The van der Waals surface area contributed by atoms with E-state index in [1.807, 2.05) is 55.5 Å². The van der Waals surface area contributed by atoms with E-state index in [9.17, 15) is 4.79 Å². The molecule has 0 atom stereocenters. The van der Waals surface area contributed by atoms with E-state index in [0.717, 1.165) is 29.7 Å². The summed E-state index contributed by atoms with van der Waals surface area (Å²) in [6, 6.07) is 15.4. The fourth-order valence-electron chi connectivity index (χ4n) is 2.85. The molecule has 0 radical (unpaired) electrons. The molecule has 1 fully saturated rings. The zero-order valence-electron chi connectivity index (χ0n) is 13.1. The molecule has 3 rings (SSSR count). The lowest BCUT2D eigenvalue weighted by atomic mass is 9.95. The molecular weight excluding hydrogens is 310 g/mol. The molecule has 0 aliphatic heterocycles. The lowest BCUT2D eigenvalue weighted by molar-refractivity contribution is -0.123. The van der Waals surface area contributed by atoms with E-state index < -0.39 is 5.41 Å². The predicted octanol–water partition coefficient (Wildman–Crippen LogP) is 4.09. The molecule has 0 saturated heterocycles. The predicted molar refractivity (Wildman–Crippen MR) is 91.8 cm³/mol. The molecule has 4 heteroatoms. The Morgan fingerprint density at radius 3 is 2.70 bits per heavy atom. The first-order valence-corrected chi connectivity index (χ1v) is 8.28. The number of rotatable bonds is 6. The average molecular weight is 330 g/mol. The molecule has 0 spiro atoms. The Hall–Kier alpha value is -2.00. The van der Waals surface area contributed by atoms with Crippen LogP contribution in [0.5, 0.6) is 5.75 Å². The number of hydrogen-bond donors (Lipinski definition) is 1. The van der Waals surface area contributed by atoms with Crippen LogP contribution in [0.4, 0.5) is 0 Å². The van der Waals surface area contributed by atoms with Gasteiger partial charge in [-0.15, -0.1) is 0 Å². The Kier molecular flexibility index (Phi) is 4.58. The minimum Gasteiger partial charge on any atom is -0.494 e. The Balaban J connectivity index is 1.71. The van der Waals surface area contributed by atoms with Crippen LogP contribution in [-0.4, -0.2) is 12.5 Å². The summed E-state index contributed by atoms with van der Waals surface area (Å²) >= 11 is 6.06. The number of carbonyl (C=O) groups is 1. The van der Waals surface area contributed by atoms with Gasteiger partial charge in [-0.3, -0.25) is 4.79 Å². The smallest absolute Gasteiger partial charge is 0.230 e. The number of nitrogens with one attached hydrogen (secondary N) is 1. The van der Waals surface area contributed by atoms with Gasteiger partial charge >= 0.3 is 0 Å². The fourth-order valence-corrected chi connectivity index (χ4v) is 3.04. The molecule has 2 aromatic carbocycles. The molecule has 0 aromatic heterocycles. The van der Waals surface area contributed by atoms with Crippen LogP contribution in [0.3, 0.4) is 0 Å². The van der Waals surface area contributed by atoms with Gasteiger partial charge in [-0.05, 0) is 43.5 Å². The van der Waals surface area contributed by atoms with Crippen LogP contribution < -0.4 is 10.1 Å². The molecule has 0 unspecified atom stereocenters. The van der Waals surface area contributed by atoms with Crippen molar-refractivity contribution < 1.29 is 9.53 Å². The molecule has 1 saturated carbocycles. The number of carbonyl (C=O) groups excluding carboxylic acids is 1. The van der Waals surface area contributed by atoms with Gasteiger partial charge in [0.25, 0.3) is 0 Å². The van der Waals surface area contributed by atoms with Gasteiger partial charge in [0.1, 0.15) is 5.75 Å². The lowest BCUT2D eigenvalue weighted by Crippen LogP contribution is -2.34. The quantitative estimate of drug-likeness (QED) is 0.867. The van der Waals surface area contributed by atoms with Gasteiger partial charge in [-0.25, -0.2) is 0 Å². The Labute approximate surface area is 141 Å². The van der Waals surface area contributed by atoms with Crippen LogP contribution in [0.1, 0.15) is 30.9 Å². The van der Waals surface area contributed by atoms with Gasteiger partial charge in [0.15, 0.2) is 0 Å². The lowest BCUT2D eigenvalue weighted by Gasteiger charge is -2.17. The Morgan fingerprint density at radius 1 is 1.22 bits per heavy atom. The largest absolute Gasteiger partial charge is 0.494 e. The van der Waals surface area contributed by atoms with Crippen molar-refractivity contribution in [3.05, 3.63) is 64.7 Å². The van der Waals surface area contributed by atoms with Gasteiger partial charge in [0, 0.05) is 17.1 Å². The van der Waals surface area contributed by atoms with Crippen molar-refractivity contribution in [3.63, 3.8) is 0 Å². The summed E-state index contributed by atoms with van der Waals surface area (Å²) in [4.78, 5) is 12.7. The first kappa shape index (κ1) is 15.9. The first-order chi connectivity index (χ1) is 11.2. The maximum absolute atomic E-state index is 12.7. The molecule has 0 heterocycles. The van der Waals surface area contributed by atoms with E-state index in [-0.39, 0.29) is 5.91 Å². The third-order valence-electron chi connectivity index (χ3n) is 4.27. The molecular formula is C19H20ClNO2. The van der Waals surface area contributed by atoms with Gasteiger partial charge in [-0.1, -0.05) is 41.9 Å². The highest BCUT2D eigenvalue weighted by Crippen LogP contribution is 2.48. The van der Waals surface area contributed by atoms with Gasteiger partial charge in [-0.2, -0.15) is 0 Å². The number of ether oxygens (including phenoxy) is 1. The Morgan fingerprint density at radius 2 is 2.00 bits per heavy atom. The zero-order valence-corrected chi connectivity index (χ0v) is 13.9. The second-order valence-electron chi connectivity index (χ2n) is 5.82. The number of hydrogen-bond acceptors (Lipinski definition) is 2. The zero-order chi connectivity index (χ0) is 16.3. The normalized spacial score (nSPS) is 15.0. The summed E-state index contributed by atoms with van der Waals surface area (Å²) < 4.78 is 5.60. The highest BCUT2D eigenvalue weighted by atomic mass is 35.5. The molecule has 1 N–H and O–H groups in total. The molecule has 1 aliphatic carbocycles. The van der Waals surface area contributed by atoms with Crippen LogP contribution in [0, 0.1) is 0 Å². The molecule has 23 heavy (non-hydrogen) atoms. The van der Waals surface area contributed by atoms with Crippen molar-refractivity contribution in [2.75, 3.05) is 6.61 Å². The second kappa shape index (κ2) is 6.63. The summed E-state index contributed by atoms with van der Waals surface area (Å²) in [5.41, 5.74) is 1.58. The first-order valence-electron chi connectivity index (χ1n) is 7.91. The van der Waals surface area contributed by atoms with Crippen molar-refractivity contribution in [3.8, 4) is 5.75 Å². The molecule has 120 valence electrons. The van der Waals surface area contributed by atoms with Crippen molar-refractivity contribution in [1.29, 1.82) is 0 Å². The van der Waals surface area contributed by atoms with Crippen molar-refractivity contribution in [2.24, 2.45) is 0 Å². The molecule has 1 aliphatic rings. The minimum atomic E-state index is -0.411. The summed E-state index contributed by atoms with van der Waals surface area (Å²) in [5.74, 6) is 0.883. The number of para-hydroxylation sites is 1. The van der Waals surface area contributed by atoms with Crippen molar-refractivity contribution in [2.45, 2.75) is 31.7 Å². The average Bonchev–Trinajstić information content (AvgIpc) is 3.36. The second-order valence-corrected chi connectivity index (χ2v) is 6.25. The van der Waals surface area contributed by atoms with Crippen LogP contribution in [-0.2, 0) is 16.8 Å². The molecule has 0 bridgehead atoms. The van der Waals surface area contributed by atoms with Gasteiger partial charge in [0.2, 0.25) is 5.91 Å². The molecule has 1 amide bonds. The minimum absolute atomic E-state index is 0.0612. The third-order valence-corrected chi connectivity index (χ3v) is 4.51. The summed E-state index contributed by atoms with van der Waals surface area (Å²) in [6.45, 7) is 3.03. The van der Waals surface area contributed by atoms with Gasteiger partial charge < -0.3 is 10.1 Å². The Bertz CT molecular complexity index is 710. The monoisotopic (exact) mass is 329 g/mol. The van der Waals surface area contributed by atoms with Crippen LogP contribution >= 0.6 is 11.6 Å². The third kappa shape index (κ3) is 3.35. The highest BCUT2D eigenvalue weighted by Gasteiger charge is 2.51. The van der Waals surface area contributed by atoms with E-state index in [1.54, 1.807) is 0 Å². The number of halogens is 1. The number of benzene rings is 2. The maximum Gasteiger partial charge on any atom is 0.230 e.